The summed E-state index contributed by atoms with van der Waals surface area (Å²) in [5.41, 5.74) is 0.323. The average molecular weight is 376 g/mol. The van der Waals surface area contributed by atoms with Crippen molar-refractivity contribution >= 4 is 27.5 Å². The number of hydrogen-bond donors (Lipinski definition) is 0. The van der Waals surface area contributed by atoms with E-state index >= 15 is 0 Å². The van der Waals surface area contributed by atoms with E-state index in [-0.39, 0.29) is 31.1 Å². The number of hydrogen-bond acceptors (Lipinski definition) is 6. The highest BCUT2D eigenvalue weighted by atomic mass is 32.1. The summed E-state index contributed by atoms with van der Waals surface area (Å²) in [5, 5.41) is 0.409. The Balaban J connectivity index is 1.81. The van der Waals surface area contributed by atoms with Crippen molar-refractivity contribution in [2.24, 2.45) is 0 Å². The standard InChI is InChI=1S/C18H17FN2O4S/c1-3-24-18(23)15-11(2)14-16(26-15)20-10-21(17(14)22)7-8-25-13-6-4-5-12(19)9-13/h4-6,9-10H,3,7-8H2,1-2H3. The second kappa shape index (κ2) is 7.65. The van der Waals surface area contributed by atoms with E-state index in [0.717, 1.165) is 11.3 Å². The second-order valence-electron chi connectivity index (χ2n) is 5.51. The van der Waals surface area contributed by atoms with E-state index in [1.165, 1.54) is 23.0 Å². The van der Waals surface area contributed by atoms with Crippen LogP contribution >= 0.6 is 11.3 Å². The van der Waals surface area contributed by atoms with Crippen molar-refractivity contribution < 1.29 is 18.7 Å². The molecule has 0 aliphatic rings. The van der Waals surface area contributed by atoms with Gasteiger partial charge in [0.25, 0.3) is 5.56 Å². The Kier molecular flexibility index (Phi) is 5.32. The van der Waals surface area contributed by atoms with Crippen LogP contribution in [0.25, 0.3) is 10.2 Å². The lowest BCUT2D eigenvalue weighted by Gasteiger charge is -2.08. The summed E-state index contributed by atoms with van der Waals surface area (Å²) in [6.07, 6.45) is 1.42. The number of carbonyl (C=O) groups excluding carboxylic acids is 1. The highest BCUT2D eigenvalue weighted by Gasteiger charge is 2.20. The smallest absolute Gasteiger partial charge is 0.348 e. The van der Waals surface area contributed by atoms with Crippen LogP contribution in [0.5, 0.6) is 5.75 Å². The molecule has 0 fully saturated rings. The van der Waals surface area contributed by atoms with Crippen LogP contribution in [0.15, 0.2) is 35.4 Å². The van der Waals surface area contributed by atoms with Crippen LogP contribution in [0, 0.1) is 12.7 Å². The Bertz CT molecular complexity index is 1010. The van der Waals surface area contributed by atoms with Crippen LogP contribution < -0.4 is 10.3 Å². The summed E-state index contributed by atoms with van der Waals surface area (Å²) in [6.45, 7) is 4.14. The third-order valence-corrected chi connectivity index (χ3v) is 4.95. The molecule has 1 aromatic carbocycles. The van der Waals surface area contributed by atoms with Gasteiger partial charge in [-0.2, -0.15) is 0 Å². The highest BCUT2D eigenvalue weighted by Crippen LogP contribution is 2.27. The van der Waals surface area contributed by atoms with E-state index in [2.05, 4.69) is 4.98 Å². The van der Waals surface area contributed by atoms with Gasteiger partial charge in [-0.25, -0.2) is 14.2 Å². The summed E-state index contributed by atoms with van der Waals surface area (Å²) in [4.78, 5) is 29.8. The maximum Gasteiger partial charge on any atom is 0.348 e. The summed E-state index contributed by atoms with van der Waals surface area (Å²) < 4.78 is 25.0. The summed E-state index contributed by atoms with van der Waals surface area (Å²) in [5.74, 6) is -0.445. The minimum Gasteiger partial charge on any atom is -0.492 e. The lowest BCUT2D eigenvalue weighted by Crippen LogP contribution is -2.23. The van der Waals surface area contributed by atoms with Crippen LogP contribution in [0.1, 0.15) is 22.2 Å². The van der Waals surface area contributed by atoms with Crippen molar-refractivity contribution in [1.82, 2.24) is 9.55 Å². The predicted octanol–water partition coefficient (Wildman–Crippen LogP) is 3.16. The van der Waals surface area contributed by atoms with Gasteiger partial charge in [0.15, 0.2) is 0 Å². The first-order valence-corrected chi connectivity index (χ1v) is 8.87. The number of halogens is 1. The molecule has 0 bridgehead atoms. The van der Waals surface area contributed by atoms with Crippen LogP contribution in [-0.2, 0) is 11.3 Å². The zero-order valence-electron chi connectivity index (χ0n) is 14.3. The van der Waals surface area contributed by atoms with Gasteiger partial charge in [-0.05, 0) is 31.5 Å². The third kappa shape index (κ3) is 3.60. The van der Waals surface area contributed by atoms with Crippen molar-refractivity contribution in [3.63, 3.8) is 0 Å². The molecular formula is C18H17FN2O4S. The van der Waals surface area contributed by atoms with E-state index in [9.17, 15) is 14.0 Å². The van der Waals surface area contributed by atoms with E-state index in [1.54, 1.807) is 26.0 Å². The fourth-order valence-corrected chi connectivity index (χ4v) is 3.56. The number of esters is 1. The fourth-order valence-electron chi connectivity index (χ4n) is 2.53. The Morgan fingerprint density at radius 3 is 2.92 bits per heavy atom. The lowest BCUT2D eigenvalue weighted by molar-refractivity contribution is 0.0531. The van der Waals surface area contributed by atoms with Crippen molar-refractivity contribution in [2.75, 3.05) is 13.2 Å². The molecule has 3 aromatic rings. The molecule has 0 saturated heterocycles. The van der Waals surface area contributed by atoms with Gasteiger partial charge in [0.2, 0.25) is 0 Å². The monoisotopic (exact) mass is 376 g/mol. The van der Waals surface area contributed by atoms with E-state index in [1.807, 2.05) is 0 Å². The number of nitrogens with zero attached hydrogens (tertiary/aromatic N) is 2. The van der Waals surface area contributed by atoms with E-state index in [0.29, 0.717) is 26.4 Å². The first kappa shape index (κ1) is 18.1. The Hall–Kier alpha value is -2.74. The number of rotatable bonds is 6. The Morgan fingerprint density at radius 2 is 2.19 bits per heavy atom. The van der Waals surface area contributed by atoms with Gasteiger partial charge in [0.05, 0.1) is 24.9 Å². The van der Waals surface area contributed by atoms with E-state index in [4.69, 9.17) is 9.47 Å². The molecule has 2 heterocycles. The number of aromatic nitrogens is 2. The topological polar surface area (TPSA) is 70.4 Å². The van der Waals surface area contributed by atoms with Gasteiger partial charge in [-0.3, -0.25) is 9.36 Å². The number of aryl methyl sites for hydroxylation is 1. The highest BCUT2D eigenvalue weighted by molar-refractivity contribution is 7.20. The number of thiophene rings is 1. The maximum atomic E-state index is 13.1. The second-order valence-corrected chi connectivity index (χ2v) is 6.50. The van der Waals surface area contributed by atoms with Crippen molar-refractivity contribution in [2.45, 2.75) is 20.4 Å². The van der Waals surface area contributed by atoms with Crippen molar-refractivity contribution in [3.8, 4) is 5.75 Å². The van der Waals surface area contributed by atoms with Crippen molar-refractivity contribution in [3.05, 3.63) is 57.2 Å². The quantitative estimate of drug-likeness (QED) is 0.618. The van der Waals surface area contributed by atoms with Gasteiger partial charge >= 0.3 is 5.97 Å². The van der Waals surface area contributed by atoms with Crippen molar-refractivity contribution in [1.29, 1.82) is 0 Å². The van der Waals surface area contributed by atoms with Gasteiger partial charge < -0.3 is 9.47 Å². The first-order valence-electron chi connectivity index (χ1n) is 8.05. The molecule has 0 aliphatic carbocycles. The average Bonchev–Trinajstić information content (AvgIpc) is 2.95. The summed E-state index contributed by atoms with van der Waals surface area (Å²) in [7, 11) is 0. The molecule has 0 spiro atoms. The zero-order valence-corrected chi connectivity index (χ0v) is 15.1. The summed E-state index contributed by atoms with van der Waals surface area (Å²) >= 11 is 1.15. The lowest BCUT2D eigenvalue weighted by atomic mass is 10.2. The molecule has 3 rings (SSSR count). The Labute approximate surface area is 152 Å². The van der Waals surface area contributed by atoms with Crippen LogP contribution in [-0.4, -0.2) is 28.7 Å². The largest absolute Gasteiger partial charge is 0.492 e. The molecule has 8 heteroatoms. The third-order valence-electron chi connectivity index (χ3n) is 3.78. The molecule has 0 radical (unpaired) electrons. The maximum absolute atomic E-state index is 13.1. The number of benzene rings is 1. The molecule has 0 aliphatic heterocycles. The molecule has 0 amide bonds. The summed E-state index contributed by atoms with van der Waals surface area (Å²) in [6, 6.07) is 5.80. The fraction of sp³-hybridized carbons (Fsp3) is 0.278. The molecule has 0 saturated carbocycles. The van der Waals surface area contributed by atoms with Crippen LogP contribution in [0.2, 0.25) is 0 Å². The number of ether oxygens (including phenoxy) is 2. The van der Waals surface area contributed by atoms with Gasteiger partial charge in [0.1, 0.15) is 27.9 Å². The normalized spacial score (nSPS) is 10.9. The minimum absolute atomic E-state index is 0.185. The van der Waals surface area contributed by atoms with Crippen LogP contribution in [0.4, 0.5) is 4.39 Å². The number of fused-ring (bicyclic) bond motifs is 1. The van der Waals surface area contributed by atoms with Crippen LogP contribution in [0.3, 0.4) is 0 Å². The predicted molar refractivity (Wildman–Crippen MR) is 96.5 cm³/mol. The van der Waals surface area contributed by atoms with Gasteiger partial charge in [-0.1, -0.05) is 6.07 Å². The molecule has 2 aromatic heterocycles. The van der Waals surface area contributed by atoms with Gasteiger partial charge in [0, 0.05) is 6.07 Å². The SMILES string of the molecule is CCOC(=O)c1sc2ncn(CCOc3cccc(F)c3)c(=O)c2c1C. The van der Waals surface area contributed by atoms with Gasteiger partial charge in [-0.15, -0.1) is 11.3 Å². The molecule has 0 N–H and O–H groups in total. The number of carbonyl (C=O) groups is 1. The molecule has 136 valence electrons. The molecule has 6 nitrogen and oxygen atoms in total. The minimum atomic E-state index is -0.451. The molecule has 0 unspecified atom stereocenters. The molecule has 26 heavy (non-hydrogen) atoms. The molecule has 0 atom stereocenters. The Morgan fingerprint density at radius 1 is 1.38 bits per heavy atom. The zero-order chi connectivity index (χ0) is 18.7. The first-order chi connectivity index (χ1) is 12.5. The molecular weight excluding hydrogens is 359 g/mol. The van der Waals surface area contributed by atoms with E-state index < -0.39 is 5.97 Å².